The molecule has 0 bridgehead atoms. The maximum absolute atomic E-state index is 10.4. The molecule has 4 heteroatoms. The lowest BCUT2D eigenvalue weighted by Gasteiger charge is -2.40. The maximum Gasteiger partial charge on any atom is 0.0917 e. The minimum absolute atomic E-state index is 0.498. The van der Waals surface area contributed by atoms with Crippen LogP contribution in [0.5, 0.6) is 0 Å². The summed E-state index contributed by atoms with van der Waals surface area (Å²) in [4.78, 5) is 2.39. The van der Waals surface area contributed by atoms with Crippen LogP contribution in [-0.4, -0.2) is 28.6 Å². The van der Waals surface area contributed by atoms with Gasteiger partial charge in [-0.25, -0.2) is 0 Å². The van der Waals surface area contributed by atoms with Crippen LogP contribution in [0.15, 0.2) is 18.2 Å². The van der Waals surface area contributed by atoms with Crippen LogP contribution < -0.4 is 0 Å². The van der Waals surface area contributed by atoms with Gasteiger partial charge >= 0.3 is 0 Å². The minimum Gasteiger partial charge on any atom is -0.387 e. The summed E-state index contributed by atoms with van der Waals surface area (Å²) in [5, 5.41) is 11.4. The summed E-state index contributed by atoms with van der Waals surface area (Å²) < 4.78 is 0. The van der Waals surface area contributed by atoms with E-state index in [-0.39, 0.29) is 0 Å². The van der Waals surface area contributed by atoms with Crippen LogP contribution in [0.1, 0.15) is 44.8 Å². The SMILES string of the molecule is CC1CCCC(C)N1CC(O)c1ccc(Cl)c(Cl)c1. The number of aliphatic hydroxyl groups excluding tert-OH is 1. The number of halogens is 2. The molecule has 2 rings (SSSR count). The number of rotatable bonds is 3. The van der Waals surface area contributed by atoms with Crippen LogP contribution in [0.3, 0.4) is 0 Å². The number of hydrogen-bond acceptors (Lipinski definition) is 2. The topological polar surface area (TPSA) is 23.5 Å². The van der Waals surface area contributed by atoms with Gasteiger partial charge in [0.1, 0.15) is 0 Å². The van der Waals surface area contributed by atoms with Gasteiger partial charge in [0, 0.05) is 18.6 Å². The van der Waals surface area contributed by atoms with Gasteiger partial charge in [0.05, 0.1) is 16.1 Å². The molecule has 1 N–H and O–H groups in total. The third-order valence-electron chi connectivity index (χ3n) is 4.09. The Hall–Kier alpha value is -0.280. The summed E-state index contributed by atoms with van der Waals surface area (Å²) in [5.74, 6) is 0. The Morgan fingerprint density at radius 2 is 1.84 bits per heavy atom. The molecule has 0 saturated carbocycles. The summed E-state index contributed by atoms with van der Waals surface area (Å²) in [6.45, 7) is 5.12. The second kappa shape index (κ2) is 6.45. The summed E-state index contributed by atoms with van der Waals surface area (Å²) in [7, 11) is 0. The highest BCUT2D eigenvalue weighted by Crippen LogP contribution is 2.29. The number of benzene rings is 1. The fourth-order valence-electron chi connectivity index (χ4n) is 2.86. The van der Waals surface area contributed by atoms with Gasteiger partial charge < -0.3 is 5.11 Å². The van der Waals surface area contributed by atoms with Crippen molar-refractivity contribution in [2.75, 3.05) is 6.54 Å². The van der Waals surface area contributed by atoms with Gasteiger partial charge in [0.15, 0.2) is 0 Å². The van der Waals surface area contributed by atoms with Crippen LogP contribution in [0.4, 0.5) is 0 Å². The molecular weight excluding hydrogens is 281 g/mol. The number of likely N-dealkylation sites (tertiary alicyclic amines) is 1. The molecule has 106 valence electrons. The summed E-state index contributed by atoms with van der Waals surface area (Å²) in [6.07, 6.45) is 3.18. The van der Waals surface area contributed by atoms with Crippen molar-refractivity contribution in [1.82, 2.24) is 4.90 Å². The van der Waals surface area contributed by atoms with E-state index in [0.717, 1.165) is 5.56 Å². The van der Waals surface area contributed by atoms with Crippen molar-refractivity contribution in [2.24, 2.45) is 0 Å². The molecule has 1 aromatic carbocycles. The average Bonchev–Trinajstić information content (AvgIpc) is 2.37. The Balaban J connectivity index is 2.07. The van der Waals surface area contributed by atoms with Gasteiger partial charge in [-0.15, -0.1) is 0 Å². The van der Waals surface area contributed by atoms with Crippen LogP contribution >= 0.6 is 23.2 Å². The van der Waals surface area contributed by atoms with E-state index in [2.05, 4.69) is 18.7 Å². The standard InChI is InChI=1S/C15H21Cl2NO/c1-10-4-3-5-11(2)18(10)9-15(19)12-6-7-13(16)14(17)8-12/h6-8,10-11,15,19H,3-5,9H2,1-2H3. The Morgan fingerprint density at radius 1 is 1.21 bits per heavy atom. The highest BCUT2D eigenvalue weighted by Gasteiger charge is 2.26. The molecule has 1 aromatic rings. The first-order valence-corrected chi connectivity index (χ1v) is 7.63. The van der Waals surface area contributed by atoms with E-state index in [1.54, 1.807) is 12.1 Å². The largest absolute Gasteiger partial charge is 0.387 e. The molecule has 0 radical (unpaired) electrons. The third-order valence-corrected chi connectivity index (χ3v) is 4.83. The van der Waals surface area contributed by atoms with Crippen molar-refractivity contribution in [1.29, 1.82) is 0 Å². The zero-order valence-electron chi connectivity index (χ0n) is 11.4. The van der Waals surface area contributed by atoms with E-state index in [1.165, 1.54) is 19.3 Å². The van der Waals surface area contributed by atoms with Gasteiger partial charge in [-0.3, -0.25) is 4.90 Å². The predicted molar refractivity (Wildman–Crippen MR) is 80.9 cm³/mol. The van der Waals surface area contributed by atoms with Crippen molar-refractivity contribution < 1.29 is 5.11 Å². The van der Waals surface area contributed by atoms with E-state index >= 15 is 0 Å². The molecular formula is C15H21Cl2NO. The van der Waals surface area contributed by atoms with Gasteiger partial charge in [0.25, 0.3) is 0 Å². The maximum atomic E-state index is 10.4. The third kappa shape index (κ3) is 3.63. The first kappa shape index (κ1) is 15.1. The van der Waals surface area contributed by atoms with Crippen molar-refractivity contribution in [3.8, 4) is 0 Å². The first-order chi connectivity index (χ1) is 8.99. The quantitative estimate of drug-likeness (QED) is 0.900. The predicted octanol–water partition coefficient (Wildman–Crippen LogP) is 4.29. The fourth-order valence-corrected chi connectivity index (χ4v) is 3.17. The molecule has 0 aromatic heterocycles. The number of β-amino-alcohol motifs (C(OH)–C–C–N with tert-alkyl or cyclic N) is 1. The van der Waals surface area contributed by atoms with Crippen molar-refractivity contribution in [2.45, 2.75) is 51.3 Å². The van der Waals surface area contributed by atoms with Gasteiger partial charge in [0.2, 0.25) is 0 Å². The smallest absolute Gasteiger partial charge is 0.0917 e. The fraction of sp³-hybridized carbons (Fsp3) is 0.600. The second-order valence-corrected chi connectivity index (χ2v) is 6.33. The van der Waals surface area contributed by atoms with E-state index in [0.29, 0.717) is 28.7 Å². The highest BCUT2D eigenvalue weighted by atomic mass is 35.5. The molecule has 1 saturated heterocycles. The second-order valence-electron chi connectivity index (χ2n) is 5.52. The van der Waals surface area contributed by atoms with Crippen molar-refractivity contribution >= 4 is 23.2 Å². The molecule has 2 nitrogen and oxygen atoms in total. The average molecular weight is 302 g/mol. The van der Waals surface area contributed by atoms with Crippen LogP contribution in [0, 0.1) is 0 Å². The monoisotopic (exact) mass is 301 g/mol. The zero-order valence-corrected chi connectivity index (χ0v) is 13.0. The summed E-state index contributed by atoms with van der Waals surface area (Å²) in [5.41, 5.74) is 0.833. The number of aliphatic hydroxyl groups is 1. The lowest BCUT2D eigenvalue weighted by Crippen LogP contribution is -2.45. The van der Waals surface area contributed by atoms with Crippen molar-refractivity contribution in [3.63, 3.8) is 0 Å². The zero-order chi connectivity index (χ0) is 14.0. The lowest BCUT2D eigenvalue weighted by atomic mass is 9.96. The summed E-state index contributed by atoms with van der Waals surface area (Å²) in [6, 6.07) is 6.40. The summed E-state index contributed by atoms with van der Waals surface area (Å²) >= 11 is 11.9. The molecule has 0 aliphatic carbocycles. The highest BCUT2D eigenvalue weighted by molar-refractivity contribution is 6.42. The molecule has 19 heavy (non-hydrogen) atoms. The Labute approximate surface area is 125 Å². The number of hydrogen-bond donors (Lipinski definition) is 1. The van der Waals surface area contributed by atoms with Crippen LogP contribution in [0.25, 0.3) is 0 Å². The van der Waals surface area contributed by atoms with E-state index in [1.807, 2.05) is 6.07 Å². The molecule has 1 aliphatic rings. The molecule has 3 atom stereocenters. The minimum atomic E-state index is -0.516. The van der Waals surface area contributed by atoms with Gasteiger partial charge in [-0.1, -0.05) is 35.7 Å². The molecule has 0 spiro atoms. The van der Waals surface area contributed by atoms with Gasteiger partial charge in [-0.05, 0) is 44.4 Å². The Bertz CT molecular complexity index is 428. The number of piperidine rings is 1. The molecule has 1 aliphatic heterocycles. The van der Waals surface area contributed by atoms with Crippen LogP contribution in [0.2, 0.25) is 10.0 Å². The lowest BCUT2D eigenvalue weighted by molar-refractivity contribution is 0.0412. The van der Waals surface area contributed by atoms with E-state index < -0.39 is 6.10 Å². The Morgan fingerprint density at radius 3 is 2.42 bits per heavy atom. The van der Waals surface area contributed by atoms with E-state index in [9.17, 15) is 5.11 Å². The molecule has 1 fully saturated rings. The Kier molecular flexibility index (Phi) is 5.13. The van der Waals surface area contributed by atoms with Crippen molar-refractivity contribution in [3.05, 3.63) is 33.8 Å². The molecule has 1 heterocycles. The van der Waals surface area contributed by atoms with Crippen LogP contribution in [-0.2, 0) is 0 Å². The van der Waals surface area contributed by atoms with Gasteiger partial charge in [-0.2, -0.15) is 0 Å². The molecule has 0 amide bonds. The number of nitrogens with zero attached hydrogens (tertiary/aromatic N) is 1. The van der Waals surface area contributed by atoms with E-state index in [4.69, 9.17) is 23.2 Å². The molecule has 3 unspecified atom stereocenters. The normalized spacial score (nSPS) is 26.4. The first-order valence-electron chi connectivity index (χ1n) is 6.87.